The molecule has 0 radical (unpaired) electrons. The lowest BCUT2D eigenvalue weighted by Crippen LogP contribution is -2.42. The smallest absolute Gasteiger partial charge is 0.224 e. The molecule has 1 aromatic rings. The van der Waals surface area contributed by atoms with E-state index < -0.39 is 0 Å². The van der Waals surface area contributed by atoms with E-state index >= 15 is 0 Å². The molecule has 19 heavy (non-hydrogen) atoms. The number of rotatable bonds is 6. The number of hydrogen-bond acceptors (Lipinski definition) is 2. The Balaban J connectivity index is 2.52. The third kappa shape index (κ3) is 5.21. The average Bonchev–Trinajstić information content (AvgIpc) is 2.32. The summed E-state index contributed by atoms with van der Waals surface area (Å²) in [6.45, 7) is 6.42. The van der Waals surface area contributed by atoms with Gasteiger partial charge in [-0.3, -0.25) is 4.79 Å². The summed E-state index contributed by atoms with van der Waals surface area (Å²) in [5, 5.41) is 3.75. The minimum atomic E-state index is -0.118. The van der Waals surface area contributed by atoms with Gasteiger partial charge in [-0.15, -0.1) is 0 Å². The van der Waals surface area contributed by atoms with Crippen molar-refractivity contribution >= 4 is 17.5 Å². The first-order chi connectivity index (χ1) is 8.93. The maximum Gasteiger partial charge on any atom is 0.224 e. The lowest BCUT2D eigenvalue weighted by molar-refractivity contribution is -0.126. The second-order valence-electron chi connectivity index (χ2n) is 5.33. The zero-order chi connectivity index (χ0) is 14.4. The summed E-state index contributed by atoms with van der Waals surface area (Å²) >= 11 is 5.84. The van der Waals surface area contributed by atoms with Gasteiger partial charge in [-0.05, 0) is 37.0 Å². The summed E-state index contributed by atoms with van der Waals surface area (Å²) in [5.74, 6) is 0.180. The molecule has 3 N–H and O–H groups in total. The van der Waals surface area contributed by atoms with Crippen molar-refractivity contribution in [3.63, 3.8) is 0 Å². The zero-order valence-corrected chi connectivity index (χ0v) is 12.6. The van der Waals surface area contributed by atoms with E-state index in [4.69, 9.17) is 17.3 Å². The molecule has 0 aromatic heterocycles. The van der Waals surface area contributed by atoms with Crippen LogP contribution in [0.25, 0.3) is 0 Å². The molecule has 0 saturated heterocycles. The molecule has 2 unspecified atom stereocenters. The highest BCUT2D eigenvalue weighted by molar-refractivity contribution is 6.30. The van der Waals surface area contributed by atoms with Crippen molar-refractivity contribution in [2.24, 2.45) is 17.6 Å². The Morgan fingerprint density at radius 1 is 1.26 bits per heavy atom. The normalized spacial score (nSPS) is 14.2. The van der Waals surface area contributed by atoms with Crippen LogP contribution >= 0.6 is 11.6 Å². The molecule has 0 aliphatic rings. The van der Waals surface area contributed by atoms with Gasteiger partial charge in [-0.1, -0.05) is 37.6 Å². The van der Waals surface area contributed by atoms with Gasteiger partial charge in [0.1, 0.15) is 0 Å². The first-order valence-electron chi connectivity index (χ1n) is 6.69. The average molecular weight is 283 g/mol. The van der Waals surface area contributed by atoms with Crippen LogP contribution in [0.2, 0.25) is 5.02 Å². The van der Waals surface area contributed by atoms with Crippen molar-refractivity contribution in [3.05, 3.63) is 34.9 Å². The van der Waals surface area contributed by atoms with Gasteiger partial charge in [0.15, 0.2) is 0 Å². The van der Waals surface area contributed by atoms with Crippen molar-refractivity contribution in [2.75, 3.05) is 6.54 Å². The Kier molecular flexibility index (Phi) is 6.32. The molecule has 0 fully saturated rings. The summed E-state index contributed by atoms with van der Waals surface area (Å²) in [4.78, 5) is 12.1. The highest BCUT2D eigenvalue weighted by Crippen LogP contribution is 2.12. The molecular weight excluding hydrogens is 260 g/mol. The monoisotopic (exact) mass is 282 g/mol. The SMILES string of the molecule is CC(Cc1ccc(Cl)cc1)NC(=O)C(CN)C(C)C. The first kappa shape index (κ1) is 16.0. The van der Waals surface area contributed by atoms with Crippen molar-refractivity contribution in [2.45, 2.75) is 33.2 Å². The minimum absolute atomic E-state index is 0.0407. The fourth-order valence-corrected chi connectivity index (χ4v) is 2.18. The Labute approximate surface area is 120 Å². The fourth-order valence-electron chi connectivity index (χ4n) is 2.06. The molecule has 3 nitrogen and oxygen atoms in total. The van der Waals surface area contributed by atoms with Crippen LogP contribution in [0.1, 0.15) is 26.3 Å². The summed E-state index contributed by atoms with van der Waals surface area (Å²) in [6.07, 6.45) is 0.790. The van der Waals surface area contributed by atoms with Crippen LogP contribution in [0.3, 0.4) is 0 Å². The predicted octanol–water partition coefficient (Wildman–Crippen LogP) is 2.62. The van der Waals surface area contributed by atoms with Crippen LogP contribution in [0.5, 0.6) is 0 Å². The van der Waals surface area contributed by atoms with Crippen molar-refractivity contribution in [3.8, 4) is 0 Å². The molecule has 4 heteroatoms. The third-order valence-corrected chi connectivity index (χ3v) is 3.49. The van der Waals surface area contributed by atoms with E-state index in [-0.39, 0.29) is 23.8 Å². The zero-order valence-electron chi connectivity index (χ0n) is 11.8. The maximum absolute atomic E-state index is 12.1. The fraction of sp³-hybridized carbons (Fsp3) is 0.533. The van der Waals surface area contributed by atoms with Crippen molar-refractivity contribution < 1.29 is 4.79 Å². The summed E-state index contributed by atoms with van der Waals surface area (Å²) in [6, 6.07) is 7.77. The third-order valence-electron chi connectivity index (χ3n) is 3.24. The number of nitrogens with two attached hydrogens (primary N) is 1. The van der Waals surface area contributed by atoms with Crippen LogP contribution in [-0.4, -0.2) is 18.5 Å². The standard InChI is InChI=1S/C15H23ClN2O/c1-10(2)14(9-17)15(19)18-11(3)8-12-4-6-13(16)7-5-12/h4-7,10-11,14H,8-9,17H2,1-3H3,(H,18,19). The molecule has 2 atom stereocenters. The Hall–Kier alpha value is -1.06. The minimum Gasteiger partial charge on any atom is -0.353 e. The molecule has 1 amide bonds. The topological polar surface area (TPSA) is 55.1 Å². The molecule has 1 rings (SSSR count). The van der Waals surface area contributed by atoms with Crippen LogP contribution in [0.15, 0.2) is 24.3 Å². The van der Waals surface area contributed by atoms with Gasteiger partial charge in [0.2, 0.25) is 5.91 Å². The maximum atomic E-state index is 12.1. The quantitative estimate of drug-likeness (QED) is 0.843. The molecule has 0 bridgehead atoms. The number of hydrogen-bond donors (Lipinski definition) is 2. The Bertz CT molecular complexity index is 403. The second kappa shape index (κ2) is 7.51. The van der Waals surface area contributed by atoms with Gasteiger partial charge in [0.05, 0.1) is 5.92 Å². The Morgan fingerprint density at radius 2 is 1.84 bits per heavy atom. The molecule has 1 aromatic carbocycles. The van der Waals surface area contributed by atoms with E-state index in [1.165, 1.54) is 0 Å². The number of benzene rings is 1. The van der Waals surface area contributed by atoms with Crippen LogP contribution in [0, 0.1) is 11.8 Å². The van der Waals surface area contributed by atoms with Gasteiger partial charge >= 0.3 is 0 Å². The van der Waals surface area contributed by atoms with E-state index in [0.717, 1.165) is 17.0 Å². The predicted molar refractivity (Wildman–Crippen MR) is 80.1 cm³/mol. The lowest BCUT2D eigenvalue weighted by Gasteiger charge is -2.21. The Morgan fingerprint density at radius 3 is 2.32 bits per heavy atom. The molecular formula is C15H23ClN2O. The molecule has 0 spiro atoms. The number of amides is 1. The highest BCUT2D eigenvalue weighted by Gasteiger charge is 2.21. The molecule has 0 saturated carbocycles. The van der Waals surface area contributed by atoms with Gasteiger partial charge in [0.25, 0.3) is 0 Å². The molecule has 0 aliphatic heterocycles. The number of carbonyl (C=O) groups is 1. The second-order valence-corrected chi connectivity index (χ2v) is 5.76. The first-order valence-corrected chi connectivity index (χ1v) is 7.06. The van der Waals surface area contributed by atoms with Gasteiger partial charge in [0, 0.05) is 17.6 Å². The largest absolute Gasteiger partial charge is 0.353 e. The summed E-state index contributed by atoms with van der Waals surface area (Å²) in [5.41, 5.74) is 6.80. The highest BCUT2D eigenvalue weighted by atomic mass is 35.5. The van der Waals surface area contributed by atoms with Gasteiger partial charge in [-0.2, -0.15) is 0 Å². The van der Waals surface area contributed by atoms with Crippen LogP contribution in [-0.2, 0) is 11.2 Å². The lowest BCUT2D eigenvalue weighted by atomic mass is 9.94. The summed E-state index contributed by atoms with van der Waals surface area (Å²) < 4.78 is 0. The van der Waals surface area contributed by atoms with E-state index in [0.29, 0.717) is 6.54 Å². The molecule has 106 valence electrons. The number of carbonyl (C=O) groups excluding carboxylic acids is 1. The summed E-state index contributed by atoms with van der Waals surface area (Å²) in [7, 11) is 0. The van der Waals surface area contributed by atoms with Gasteiger partial charge < -0.3 is 11.1 Å². The molecule has 0 aliphatic carbocycles. The van der Waals surface area contributed by atoms with E-state index in [9.17, 15) is 4.79 Å². The van der Waals surface area contributed by atoms with E-state index in [1.807, 2.05) is 45.0 Å². The van der Waals surface area contributed by atoms with Crippen molar-refractivity contribution in [1.29, 1.82) is 0 Å². The molecule has 0 heterocycles. The van der Waals surface area contributed by atoms with Crippen LogP contribution < -0.4 is 11.1 Å². The van der Waals surface area contributed by atoms with E-state index in [1.54, 1.807) is 0 Å². The van der Waals surface area contributed by atoms with Crippen molar-refractivity contribution in [1.82, 2.24) is 5.32 Å². The number of nitrogens with one attached hydrogen (secondary N) is 1. The van der Waals surface area contributed by atoms with Gasteiger partial charge in [-0.25, -0.2) is 0 Å². The number of halogens is 1. The van der Waals surface area contributed by atoms with E-state index in [2.05, 4.69) is 5.32 Å². The van der Waals surface area contributed by atoms with Crippen LogP contribution in [0.4, 0.5) is 0 Å².